The smallest absolute Gasteiger partial charge is 0.119 e. The first-order chi connectivity index (χ1) is 9.70. The van der Waals surface area contributed by atoms with Crippen molar-refractivity contribution in [2.24, 2.45) is 5.73 Å². The number of benzene rings is 1. The molecule has 1 aliphatic rings. The fourth-order valence-corrected chi connectivity index (χ4v) is 2.69. The molecule has 0 radical (unpaired) electrons. The van der Waals surface area contributed by atoms with Gasteiger partial charge in [-0.25, -0.2) is 0 Å². The van der Waals surface area contributed by atoms with Gasteiger partial charge in [0, 0.05) is 12.6 Å². The quantitative estimate of drug-likeness (QED) is 0.835. The van der Waals surface area contributed by atoms with Crippen LogP contribution in [-0.2, 0) is 0 Å². The van der Waals surface area contributed by atoms with Crippen LogP contribution in [0.25, 0.3) is 0 Å². The summed E-state index contributed by atoms with van der Waals surface area (Å²) >= 11 is 0. The maximum atomic E-state index is 9.01. The van der Waals surface area contributed by atoms with Crippen LogP contribution in [0.2, 0.25) is 0 Å². The molecule has 0 amide bonds. The molecule has 1 aromatic carbocycles. The topological polar surface area (TPSA) is 58.7 Å². The lowest BCUT2D eigenvalue weighted by molar-refractivity contribution is 0.133. The predicted octanol–water partition coefficient (Wildman–Crippen LogP) is 1.93. The Hall–Kier alpha value is -1.10. The van der Waals surface area contributed by atoms with Crippen molar-refractivity contribution in [1.82, 2.24) is 4.90 Å². The van der Waals surface area contributed by atoms with Gasteiger partial charge in [-0.05, 0) is 44.0 Å². The summed E-state index contributed by atoms with van der Waals surface area (Å²) in [7, 11) is 0. The van der Waals surface area contributed by atoms with Crippen molar-refractivity contribution in [1.29, 1.82) is 0 Å². The number of ether oxygens (including phenoxy) is 1. The molecule has 112 valence electrons. The maximum Gasteiger partial charge on any atom is 0.119 e. The Labute approximate surface area is 121 Å². The third-order valence-corrected chi connectivity index (χ3v) is 4.09. The highest BCUT2D eigenvalue weighted by Gasteiger charge is 2.17. The van der Waals surface area contributed by atoms with Crippen molar-refractivity contribution in [3.63, 3.8) is 0 Å². The number of nitrogens with zero attached hydrogens (tertiary/aromatic N) is 1. The van der Waals surface area contributed by atoms with E-state index in [-0.39, 0.29) is 12.6 Å². The first-order valence-corrected chi connectivity index (χ1v) is 7.54. The van der Waals surface area contributed by atoms with E-state index in [0.717, 1.165) is 24.5 Å². The van der Waals surface area contributed by atoms with E-state index in [1.165, 1.54) is 25.8 Å². The molecule has 20 heavy (non-hydrogen) atoms. The second-order valence-corrected chi connectivity index (χ2v) is 5.59. The number of piperidine rings is 1. The van der Waals surface area contributed by atoms with E-state index in [2.05, 4.69) is 11.8 Å². The van der Waals surface area contributed by atoms with Crippen molar-refractivity contribution in [2.75, 3.05) is 26.3 Å². The van der Waals surface area contributed by atoms with Gasteiger partial charge in [0.15, 0.2) is 0 Å². The summed E-state index contributed by atoms with van der Waals surface area (Å²) in [5.41, 5.74) is 6.69. The SMILES string of the molecule is CC1CCCCN1CCOc1ccc([C@@H](N)CO)cc1. The maximum absolute atomic E-state index is 9.01. The molecule has 4 heteroatoms. The normalized spacial score (nSPS) is 21.6. The van der Waals surface area contributed by atoms with Crippen LogP contribution in [0.4, 0.5) is 0 Å². The average Bonchev–Trinajstić information content (AvgIpc) is 2.49. The van der Waals surface area contributed by atoms with Crippen LogP contribution in [0.1, 0.15) is 37.8 Å². The zero-order valence-electron chi connectivity index (χ0n) is 12.3. The fourth-order valence-electron chi connectivity index (χ4n) is 2.69. The molecule has 3 N–H and O–H groups in total. The molecule has 0 aromatic heterocycles. The van der Waals surface area contributed by atoms with E-state index in [0.29, 0.717) is 6.04 Å². The molecule has 1 aliphatic heterocycles. The number of likely N-dealkylation sites (tertiary alicyclic amines) is 1. The number of rotatable bonds is 6. The largest absolute Gasteiger partial charge is 0.492 e. The third-order valence-electron chi connectivity index (χ3n) is 4.09. The number of aliphatic hydroxyl groups is 1. The van der Waals surface area contributed by atoms with Gasteiger partial charge in [-0.15, -0.1) is 0 Å². The summed E-state index contributed by atoms with van der Waals surface area (Å²) < 4.78 is 5.78. The van der Waals surface area contributed by atoms with Gasteiger partial charge in [-0.1, -0.05) is 18.6 Å². The minimum absolute atomic E-state index is 0.0347. The number of nitrogens with two attached hydrogens (primary N) is 1. The van der Waals surface area contributed by atoms with Gasteiger partial charge < -0.3 is 15.6 Å². The Bertz CT molecular complexity index is 394. The fraction of sp³-hybridized carbons (Fsp3) is 0.625. The highest BCUT2D eigenvalue weighted by atomic mass is 16.5. The Morgan fingerprint density at radius 2 is 2.10 bits per heavy atom. The summed E-state index contributed by atoms with van der Waals surface area (Å²) in [6.07, 6.45) is 3.96. The number of aliphatic hydroxyl groups excluding tert-OH is 1. The molecule has 4 nitrogen and oxygen atoms in total. The van der Waals surface area contributed by atoms with E-state index in [1.54, 1.807) is 0 Å². The van der Waals surface area contributed by atoms with Gasteiger partial charge in [0.05, 0.1) is 12.6 Å². The van der Waals surface area contributed by atoms with E-state index >= 15 is 0 Å². The summed E-state index contributed by atoms with van der Waals surface area (Å²) in [5, 5.41) is 9.01. The molecule has 2 rings (SSSR count). The van der Waals surface area contributed by atoms with Crippen LogP contribution in [0, 0.1) is 0 Å². The van der Waals surface area contributed by atoms with E-state index in [4.69, 9.17) is 15.6 Å². The standard InChI is InChI=1S/C16H26N2O2/c1-13-4-2-3-9-18(13)10-11-20-15-7-5-14(6-8-15)16(17)12-19/h5-8,13,16,19H,2-4,9-12,17H2,1H3/t13?,16-/m0/s1. The molecule has 1 aromatic rings. The second-order valence-electron chi connectivity index (χ2n) is 5.59. The Morgan fingerprint density at radius 1 is 1.35 bits per heavy atom. The van der Waals surface area contributed by atoms with Gasteiger partial charge >= 0.3 is 0 Å². The molecule has 0 bridgehead atoms. The van der Waals surface area contributed by atoms with Crippen LogP contribution in [0.3, 0.4) is 0 Å². The summed E-state index contributed by atoms with van der Waals surface area (Å²) in [4.78, 5) is 2.50. The molecule has 1 heterocycles. The molecule has 1 unspecified atom stereocenters. The second kappa shape index (κ2) is 7.62. The highest BCUT2D eigenvalue weighted by Crippen LogP contribution is 2.18. The monoisotopic (exact) mass is 278 g/mol. The average molecular weight is 278 g/mol. The predicted molar refractivity (Wildman–Crippen MR) is 80.8 cm³/mol. The first-order valence-electron chi connectivity index (χ1n) is 7.54. The molecule has 2 atom stereocenters. The van der Waals surface area contributed by atoms with Crippen LogP contribution in [0.15, 0.2) is 24.3 Å². The van der Waals surface area contributed by atoms with Crippen LogP contribution in [0.5, 0.6) is 5.75 Å². The molecule has 0 aliphatic carbocycles. The zero-order valence-corrected chi connectivity index (χ0v) is 12.3. The minimum Gasteiger partial charge on any atom is -0.492 e. The Balaban J connectivity index is 1.76. The van der Waals surface area contributed by atoms with Crippen molar-refractivity contribution in [3.05, 3.63) is 29.8 Å². The van der Waals surface area contributed by atoms with Gasteiger partial charge in [0.2, 0.25) is 0 Å². The molecule has 1 saturated heterocycles. The van der Waals surface area contributed by atoms with Crippen molar-refractivity contribution < 1.29 is 9.84 Å². The lowest BCUT2D eigenvalue weighted by Gasteiger charge is -2.33. The lowest BCUT2D eigenvalue weighted by atomic mass is 10.0. The Kier molecular flexibility index (Phi) is 5.83. The van der Waals surface area contributed by atoms with E-state index in [9.17, 15) is 0 Å². The summed E-state index contributed by atoms with van der Waals surface area (Å²) in [6.45, 7) is 5.15. The number of hydrogen-bond acceptors (Lipinski definition) is 4. The van der Waals surface area contributed by atoms with E-state index < -0.39 is 0 Å². The van der Waals surface area contributed by atoms with Crippen molar-refractivity contribution >= 4 is 0 Å². The van der Waals surface area contributed by atoms with Gasteiger partial charge in [0.25, 0.3) is 0 Å². The zero-order chi connectivity index (χ0) is 14.4. The van der Waals surface area contributed by atoms with Gasteiger partial charge in [0.1, 0.15) is 12.4 Å². The lowest BCUT2D eigenvalue weighted by Crippen LogP contribution is -2.39. The summed E-state index contributed by atoms with van der Waals surface area (Å²) in [6, 6.07) is 8.05. The molecule has 1 fully saturated rings. The number of hydrogen-bond donors (Lipinski definition) is 2. The Morgan fingerprint density at radius 3 is 2.75 bits per heavy atom. The first kappa shape index (κ1) is 15.3. The van der Waals surface area contributed by atoms with Gasteiger partial charge in [-0.3, -0.25) is 4.90 Å². The molecular weight excluding hydrogens is 252 g/mol. The third kappa shape index (κ3) is 4.20. The molecular formula is C16H26N2O2. The molecule has 0 spiro atoms. The van der Waals surface area contributed by atoms with Crippen LogP contribution < -0.4 is 10.5 Å². The van der Waals surface area contributed by atoms with Crippen molar-refractivity contribution in [2.45, 2.75) is 38.3 Å². The van der Waals surface area contributed by atoms with Crippen molar-refractivity contribution in [3.8, 4) is 5.75 Å². The molecule has 0 saturated carbocycles. The summed E-state index contributed by atoms with van der Waals surface area (Å²) in [5.74, 6) is 0.864. The van der Waals surface area contributed by atoms with Crippen LogP contribution in [-0.4, -0.2) is 42.4 Å². The van der Waals surface area contributed by atoms with Gasteiger partial charge in [-0.2, -0.15) is 0 Å². The minimum atomic E-state index is -0.307. The highest BCUT2D eigenvalue weighted by molar-refractivity contribution is 5.29. The van der Waals surface area contributed by atoms with E-state index in [1.807, 2.05) is 24.3 Å². The van der Waals surface area contributed by atoms with Crippen LogP contribution >= 0.6 is 0 Å².